The molecule has 0 fully saturated rings. The molecule has 0 saturated carbocycles. The molecule has 0 atom stereocenters. The molecular formula is C19H14BrNO4. The first-order chi connectivity index (χ1) is 12.0. The molecule has 0 unspecified atom stereocenters. The molecule has 0 amide bonds. The van der Waals surface area contributed by atoms with E-state index < -0.39 is 0 Å². The predicted molar refractivity (Wildman–Crippen MR) is 98.9 cm³/mol. The maximum absolute atomic E-state index is 13.1. The molecule has 0 saturated heterocycles. The Morgan fingerprint density at radius 3 is 2.20 bits per heavy atom. The molecule has 5 nitrogen and oxygen atoms in total. The predicted octanol–water partition coefficient (Wildman–Crippen LogP) is 3.53. The summed E-state index contributed by atoms with van der Waals surface area (Å²) in [5.74, 6) is 0.888. The number of hydrogen-bond acceptors (Lipinski definition) is 4. The third kappa shape index (κ3) is 2.07. The molecule has 126 valence electrons. The normalized spacial score (nSPS) is 12.2. The first kappa shape index (κ1) is 15.9. The fourth-order valence-electron chi connectivity index (χ4n) is 3.43. The first-order valence-corrected chi connectivity index (χ1v) is 8.40. The number of methoxy groups -OCH3 is 2. The van der Waals surface area contributed by atoms with Crippen LogP contribution in [0.15, 0.2) is 39.6 Å². The summed E-state index contributed by atoms with van der Waals surface area (Å²) in [6.45, 7) is 0. The van der Waals surface area contributed by atoms with E-state index in [1.54, 1.807) is 38.4 Å². The Labute approximate surface area is 151 Å². The average Bonchev–Trinajstić information content (AvgIpc) is 2.90. The number of aromatic nitrogens is 1. The van der Waals surface area contributed by atoms with E-state index in [1.165, 1.54) is 11.7 Å². The molecule has 1 heterocycles. The number of ketones is 1. The van der Waals surface area contributed by atoms with Crippen molar-refractivity contribution in [2.45, 2.75) is 0 Å². The van der Waals surface area contributed by atoms with Crippen molar-refractivity contribution in [3.63, 3.8) is 0 Å². The second kappa shape index (κ2) is 5.46. The van der Waals surface area contributed by atoms with Crippen LogP contribution in [0.5, 0.6) is 11.5 Å². The number of rotatable bonds is 2. The number of fused-ring (bicyclic) bond motifs is 5. The van der Waals surface area contributed by atoms with Crippen LogP contribution in [0.25, 0.3) is 22.0 Å². The molecule has 2 aromatic carbocycles. The monoisotopic (exact) mass is 399 g/mol. The van der Waals surface area contributed by atoms with Crippen molar-refractivity contribution in [3.8, 4) is 22.8 Å². The fraction of sp³-hybridized carbons (Fsp3) is 0.158. The van der Waals surface area contributed by atoms with Crippen LogP contribution in [-0.2, 0) is 7.05 Å². The number of carbonyl (C=O) groups excluding carboxylic acids is 1. The van der Waals surface area contributed by atoms with Gasteiger partial charge in [-0.1, -0.05) is 22.0 Å². The van der Waals surface area contributed by atoms with E-state index in [9.17, 15) is 9.59 Å². The first-order valence-electron chi connectivity index (χ1n) is 7.61. The number of nitrogens with zero attached hydrogens (tertiary/aromatic N) is 1. The summed E-state index contributed by atoms with van der Waals surface area (Å²) in [5, 5.41) is 1.16. The lowest BCUT2D eigenvalue weighted by molar-refractivity contribution is 0.104. The maximum Gasteiger partial charge on any atom is 0.258 e. The van der Waals surface area contributed by atoms with Crippen molar-refractivity contribution in [1.82, 2.24) is 4.57 Å². The largest absolute Gasteiger partial charge is 0.493 e. The molecule has 0 spiro atoms. The molecule has 6 heteroatoms. The topological polar surface area (TPSA) is 57.5 Å². The van der Waals surface area contributed by atoms with Crippen molar-refractivity contribution in [3.05, 3.63) is 56.3 Å². The van der Waals surface area contributed by atoms with E-state index in [0.29, 0.717) is 44.7 Å². The van der Waals surface area contributed by atoms with Crippen LogP contribution in [0.4, 0.5) is 0 Å². The van der Waals surface area contributed by atoms with Crippen molar-refractivity contribution < 1.29 is 14.3 Å². The Kier molecular flexibility index (Phi) is 3.47. The van der Waals surface area contributed by atoms with Gasteiger partial charge in [-0.3, -0.25) is 9.59 Å². The van der Waals surface area contributed by atoms with Gasteiger partial charge in [0.05, 0.1) is 25.5 Å². The van der Waals surface area contributed by atoms with E-state index in [4.69, 9.17) is 9.47 Å². The van der Waals surface area contributed by atoms with Gasteiger partial charge >= 0.3 is 0 Å². The molecule has 0 aliphatic heterocycles. The standard InChI is InChI=1S/C19H14BrNO4/c1-21-17-11-7-14(24-2)15(25-3)8-12(11)18(22)16(17)10-5-4-9(20)6-13(10)19(21)23/h4-8H,1-3H3. The summed E-state index contributed by atoms with van der Waals surface area (Å²) in [6.07, 6.45) is 0. The summed E-state index contributed by atoms with van der Waals surface area (Å²) >= 11 is 3.39. The van der Waals surface area contributed by atoms with Gasteiger partial charge in [0.25, 0.3) is 5.56 Å². The molecule has 0 N–H and O–H groups in total. The number of ether oxygens (including phenoxy) is 2. The van der Waals surface area contributed by atoms with Crippen LogP contribution < -0.4 is 15.0 Å². The Bertz CT molecular complexity index is 1130. The number of carbonyl (C=O) groups is 1. The smallest absolute Gasteiger partial charge is 0.258 e. The minimum atomic E-state index is -0.148. The molecule has 1 aliphatic carbocycles. The molecule has 1 aromatic heterocycles. The maximum atomic E-state index is 13.1. The second-order valence-corrected chi connectivity index (χ2v) is 6.78. The SMILES string of the molecule is COc1cc2c(cc1OC)-c1c(c3ccc(Br)cc3c(=O)n1C)C2=O. The van der Waals surface area contributed by atoms with E-state index in [1.807, 2.05) is 6.07 Å². The van der Waals surface area contributed by atoms with Crippen molar-refractivity contribution in [1.29, 1.82) is 0 Å². The summed E-state index contributed by atoms with van der Waals surface area (Å²) in [5.41, 5.74) is 2.20. The van der Waals surface area contributed by atoms with Gasteiger partial charge in [0, 0.05) is 33.4 Å². The van der Waals surface area contributed by atoms with Gasteiger partial charge in [-0.15, -0.1) is 0 Å². The highest BCUT2D eigenvalue weighted by atomic mass is 79.9. The zero-order valence-electron chi connectivity index (χ0n) is 13.8. The summed E-state index contributed by atoms with van der Waals surface area (Å²) < 4.78 is 13.0. The van der Waals surface area contributed by atoms with E-state index >= 15 is 0 Å². The molecule has 4 rings (SSSR count). The highest BCUT2D eigenvalue weighted by Gasteiger charge is 2.33. The number of hydrogen-bond donors (Lipinski definition) is 0. The third-order valence-corrected chi connectivity index (χ3v) is 5.10. The van der Waals surface area contributed by atoms with Gasteiger partial charge < -0.3 is 14.0 Å². The highest BCUT2D eigenvalue weighted by molar-refractivity contribution is 9.10. The Morgan fingerprint density at radius 2 is 1.56 bits per heavy atom. The van der Waals surface area contributed by atoms with Crippen molar-refractivity contribution in [2.24, 2.45) is 7.05 Å². The van der Waals surface area contributed by atoms with Crippen molar-refractivity contribution in [2.75, 3.05) is 14.2 Å². The minimum absolute atomic E-state index is 0.117. The Balaban J connectivity index is 2.17. The molecule has 1 aliphatic rings. The Hall–Kier alpha value is -2.60. The fourth-order valence-corrected chi connectivity index (χ4v) is 3.79. The van der Waals surface area contributed by atoms with E-state index in [2.05, 4.69) is 15.9 Å². The highest BCUT2D eigenvalue weighted by Crippen LogP contribution is 2.44. The van der Waals surface area contributed by atoms with Crippen LogP contribution >= 0.6 is 15.9 Å². The third-order valence-electron chi connectivity index (χ3n) is 4.61. The van der Waals surface area contributed by atoms with Crippen LogP contribution in [0, 0.1) is 0 Å². The molecule has 25 heavy (non-hydrogen) atoms. The lowest BCUT2D eigenvalue weighted by atomic mass is 10.0. The molecule has 0 bridgehead atoms. The zero-order chi connectivity index (χ0) is 17.9. The summed E-state index contributed by atoms with van der Waals surface area (Å²) in [7, 11) is 4.75. The number of benzene rings is 2. The average molecular weight is 400 g/mol. The minimum Gasteiger partial charge on any atom is -0.493 e. The molecule has 3 aromatic rings. The van der Waals surface area contributed by atoms with Gasteiger partial charge in [0.15, 0.2) is 17.3 Å². The van der Waals surface area contributed by atoms with E-state index in [-0.39, 0.29) is 11.3 Å². The Morgan fingerprint density at radius 1 is 0.920 bits per heavy atom. The zero-order valence-corrected chi connectivity index (χ0v) is 15.4. The molecule has 0 radical (unpaired) electrons. The lowest BCUT2D eigenvalue weighted by Gasteiger charge is -2.12. The van der Waals surface area contributed by atoms with Crippen molar-refractivity contribution >= 4 is 32.5 Å². The van der Waals surface area contributed by atoms with Crippen LogP contribution in [0.2, 0.25) is 0 Å². The van der Waals surface area contributed by atoms with Crippen LogP contribution in [-0.4, -0.2) is 24.6 Å². The quantitative estimate of drug-likeness (QED) is 0.517. The van der Waals surface area contributed by atoms with Gasteiger partial charge in [-0.05, 0) is 24.3 Å². The van der Waals surface area contributed by atoms with Gasteiger partial charge in [-0.2, -0.15) is 0 Å². The number of halogens is 1. The molecular weight excluding hydrogens is 386 g/mol. The van der Waals surface area contributed by atoms with E-state index in [0.717, 1.165) is 4.47 Å². The lowest BCUT2D eigenvalue weighted by Crippen LogP contribution is -2.20. The van der Waals surface area contributed by atoms with Crippen LogP contribution in [0.1, 0.15) is 15.9 Å². The summed E-state index contributed by atoms with van der Waals surface area (Å²) in [6, 6.07) is 8.81. The van der Waals surface area contributed by atoms with Gasteiger partial charge in [-0.25, -0.2) is 0 Å². The number of pyridine rings is 1. The van der Waals surface area contributed by atoms with Gasteiger partial charge in [0.1, 0.15) is 0 Å². The second-order valence-electron chi connectivity index (χ2n) is 5.86. The van der Waals surface area contributed by atoms with Crippen LogP contribution in [0.3, 0.4) is 0 Å². The summed E-state index contributed by atoms with van der Waals surface area (Å²) in [4.78, 5) is 25.9. The van der Waals surface area contributed by atoms with Gasteiger partial charge in [0.2, 0.25) is 0 Å².